The minimum absolute atomic E-state index is 0.167. The van der Waals surface area contributed by atoms with Crippen molar-refractivity contribution >= 4 is 0 Å². The quantitative estimate of drug-likeness (QED) is 0.859. The Labute approximate surface area is 124 Å². The third kappa shape index (κ3) is 4.52. The predicted molar refractivity (Wildman–Crippen MR) is 87.8 cm³/mol. The number of aryl methyl sites for hydroxylation is 2. The third-order valence-electron chi connectivity index (χ3n) is 3.98. The summed E-state index contributed by atoms with van der Waals surface area (Å²) in [5.74, 6) is 2.06. The first-order valence-corrected chi connectivity index (χ1v) is 7.56. The average molecular weight is 277 g/mol. The Morgan fingerprint density at radius 1 is 1.15 bits per heavy atom. The topological polar surface area (TPSA) is 21.3 Å². The Balaban J connectivity index is 2.94. The average Bonchev–Trinajstić information content (AvgIpc) is 2.33. The lowest BCUT2D eigenvalue weighted by molar-refractivity contribution is 0.349. The second kappa shape index (κ2) is 6.62. The zero-order chi connectivity index (χ0) is 15.5. The van der Waals surface area contributed by atoms with Crippen LogP contribution in [-0.2, 0) is 0 Å². The molecule has 1 N–H and O–H groups in total. The van der Waals surface area contributed by atoms with Gasteiger partial charge < -0.3 is 10.1 Å². The van der Waals surface area contributed by atoms with E-state index < -0.39 is 0 Å². The zero-order valence-corrected chi connectivity index (χ0v) is 14.4. The molecular formula is C18H31NO. The third-order valence-corrected chi connectivity index (χ3v) is 3.98. The van der Waals surface area contributed by atoms with Crippen LogP contribution in [0.15, 0.2) is 12.1 Å². The van der Waals surface area contributed by atoms with E-state index in [1.165, 1.54) is 16.7 Å². The highest BCUT2D eigenvalue weighted by atomic mass is 16.5. The standard InChI is InChI=1S/C18H31NO/c1-12-9-13(2)17(16(10-12)20-8)15(4)14(3)11-19-18(5,6)7/h9-10,14-15,19H,11H2,1-8H3. The van der Waals surface area contributed by atoms with E-state index in [9.17, 15) is 0 Å². The van der Waals surface area contributed by atoms with Crippen molar-refractivity contribution in [1.82, 2.24) is 5.32 Å². The van der Waals surface area contributed by atoms with Gasteiger partial charge in [0.1, 0.15) is 5.75 Å². The summed E-state index contributed by atoms with van der Waals surface area (Å²) >= 11 is 0. The van der Waals surface area contributed by atoms with Gasteiger partial charge in [0.25, 0.3) is 0 Å². The number of hydrogen-bond donors (Lipinski definition) is 1. The first-order chi connectivity index (χ1) is 9.15. The highest BCUT2D eigenvalue weighted by molar-refractivity contribution is 5.45. The Morgan fingerprint density at radius 3 is 2.25 bits per heavy atom. The molecule has 0 fully saturated rings. The molecule has 1 aromatic carbocycles. The summed E-state index contributed by atoms with van der Waals surface area (Å²) in [5.41, 5.74) is 4.11. The maximum atomic E-state index is 5.60. The molecule has 0 bridgehead atoms. The van der Waals surface area contributed by atoms with E-state index in [4.69, 9.17) is 4.74 Å². The maximum Gasteiger partial charge on any atom is 0.122 e. The van der Waals surface area contributed by atoms with Gasteiger partial charge in [-0.2, -0.15) is 0 Å². The van der Waals surface area contributed by atoms with Gasteiger partial charge in [0.05, 0.1) is 7.11 Å². The summed E-state index contributed by atoms with van der Waals surface area (Å²) in [7, 11) is 1.77. The van der Waals surface area contributed by atoms with Crippen molar-refractivity contribution in [2.45, 2.75) is 59.9 Å². The summed E-state index contributed by atoms with van der Waals surface area (Å²) in [6.07, 6.45) is 0. The molecule has 114 valence electrons. The van der Waals surface area contributed by atoms with Crippen molar-refractivity contribution in [2.24, 2.45) is 5.92 Å². The molecule has 2 nitrogen and oxygen atoms in total. The second-order valence-corrected chi connectivity index (χ2v) is 7.09. The first-order valence-electron chi connectivity index (χ1n) is 7.56. The second-order valence-electron chi connectivity index (χ2n) is 7.09. The van der Waals surface area contributed by atoms with Gasteiger partial charge in [0, 0.05) is 11.1 Å². The summed E-state index contributed by atoms with van der Waals surface area (Å²) in [5, 5.41) is 3.60. The van der Waals surface area contributed by atoms with Gasteiger partial charge in [0.2, 0.25) is 0 Å². The molecule has 2 unspecified atom stereocenters. The Kier molecular flexibility index (Phi) is 5.64. The van der Waals surface area contributed by atoms with Crippen LogP contribution >= 0.6 is 0 Å². The fourth-order valence-electron chi connectivity index (χ4n) is 2.62. The Hall–Kier alpha value is -1.02. The van der Waals surface area contributed by atoms with Crippen LogP contribution in [0.3, 0.4) is 0 Å². The molecule has 0 amide bonds. The predicted octanol–water partition coefficient (Wildman–Crippen LogP) is 4.44. The molecule has 0 aliphatic heterocycles. The molecule has 0 saturated heterocycles. The van der Waals surface area contributed by atoms with Crippen LogP contribution in [0.2, 0.25) is 0 Å². The van der Waals surface area contributed by atoms with Crippen molar-refractivity contribution in [2.75, 3.05) is 13.7 Å². The molecule has 0 spiro atoms. The van der Waals surface area contributed by atoms with Gasteiger partial charge in [-0.25, -0.2) is 0 Å². The van der Waals surface area contributed by atoms with E-state index in [2.05, 4.69) is 65.9 Å². The number of ether oxygens (including phenoxy) is 1. The van der Waals surface area contributed by atoms with E-state index in [-0.39, 0.29) is 5.54 Å². The highest BCUT2D eigenvalue weighted by Gasteiger charge is 2.22. The van der Waals surface area contributed by atoms with E-state index >= 15 is 0 Å². The summed E-state index contributed by atoms with van der Waals surface area (Å²) in [4.78, 5) is 0. The molecule has 0 heterocycles. The summed E-state index contributed by atoms with van der Waals surface area (Å²) < 4.78 is 5.60. The van der Waals surface area contributed by atoms with Crippen LogP contribution in [-0.4, -0.2) is 19.2 Å². The van der Waals surface area contributed by atoms with Gasteiger partial charge in [-0.1, -0.05) is 19.9 Å². The Morgan fingerprint density at radius 2 is 1.75 bits per heavy atom. The molecule has 2 atom stereocenters. The van der Waals surface area contributed by atoms with Gasteiger partial charge in [-0.15, -0.1) is 0 Å². The lowest BCUT2D eigenvalue weighted by Crippen LogP contribution is -2.39. The van der Waals surface area contributed by atoms with Crippen molar-refractivity contribution in [3.05, 3.63) is 28.8 Å². The van der Waals surface area contributed by atoms with Crippen molar-refractivity contribution < 1.29 is 4.74 Å². The van der Waals surface area contributed by atoms with Gasteiger partial charge in [-0.05, 0) is 70.2 Å². The molecule has 20 heavy (non-hydrogen) atoms. The summed E-state index contributed by atoms with van der Waals surface area (Å²) in [6.45, 7) is 16.6. The van der Waals surface area contributed by atoms with Gasteiger partial charge in [-0.3, -0.25) is 0 Å². The van der Waals surface area contributed by atoms with Gasteiger partial charge >= 0.3 is 0 Å². The largest absolute Gasteiger partial charge is 0.496 e. The van der Waals surface area contributed by atoms with Crippen molar-refractivity contribution in [3.63, 3.8) is 0 Å². The molecule has 1 aromatic rings. The minimum Gasteiger partial charge on any atom is -0.496 e. The van der Waals surface area contributed by atoms with Crippen LogP contribution < -0.4 is 10.1 Å². The molecule has 0 saturated carbocycles. The number of benzene rings is 1. The van der Waals surface area contributed by atoms with Crippen LogP contribution in [0.25, 0.3) is 0 Å². The molecule has 0 aliphatic rings. The highest BCUT2D eigenvalue weighted by Crippen LogP contribution is 2.35. The normalized spacial score (nSPS) is 15.0. The lowest BCUT2D eigenvalue weighted by atomic mass is 9.84. The lowest BCUT2D eigenvalue weighted by Gasteiger charge is -2.28. The van der Waals surface area contributed by atoms with Crippen molar-refractivity contribution in [1.29, 1.82) is 0 Å². The SMILES string of the molecule is COc1cc(C)cc(C)c1C(C)C(C)CNC(C)(C)C. The molecule has 2 heteroatoms. The summed E-state index contributed by atoms with van der Waals surface area (Å²) in [6, 6.07) is 4.39. The number of rotatable bonds is 5. The molecule has 0 aromatic heterocycles. The first kappa shape index (κ1) is 17.0. The fourth-order valence-corrected chi connectivity index (χ4v) is 2.62. The zero-order valence-electron chi connectivity index (χ0n) is 14.4. The smallest absolute Gasteiger partial charge is 0.122 e. The fraction of sp³-hybridized carbons (Fsp3) is 0.667. The number of methoxy groups -OCH3 is 1. The van der Waals surface area contributed by atoms with Crippen LogP contribution in [0.5, 0.6) is 5.75 Å². The monoisotopic (exact) mass is 277 g/mol. The van der Waals surface area contributed by atoms with Crippen LogP contribution in [0, 0.1) is 19.8 Å². The van der Waals surface area contributed by atoms with E-state index in [0.717, 1.165) is 12.3 Å². The van der Waals surface area contributed by atoms with Crippen molar-refractivity contribution in [3.8, 4) is 5.75 Å². The van der Waals surface area contributed by atoms with E-state index in [1.807, 2.05) is 0 Å². The van der Waals surface area contributed by atoms with E-state index in [1.54, 1.807) is 7.11 Å². The van der Waals surface area contributed by atoms with Gasteiger partial charge in [0.15, 0.2) is 0 Å². The molecule has 1 rings (SSSR count). The number of nitrogens with one attached hydrogen (secondary N) is 1. The number of hydrogen-bond acceptors (Lipinski definition) is 2. The van der Waals surface area contributed by atoms with Crippen LogP contribution in [0.4, 0.5) is 0 Å². The maximum absolute atomic E-state index is 5.60. The molecular weight excluding hydrogens is 246 g/mol. The molecule has 0 aliphatic carbocycles. The minimum atomic E-state index is 0.167. The molecule has 0 radical (unpaired) electrons. The van der Waals surface area contributed by atoms with E-state index in [0.29, 0.717) is 11.8 Å². The Bertz CT molecular complexity index is 445. The van der Waals surface area contributed by atoms with Crippen LogP contribution in [0.1, 0.15) is 57.2 Å².